The highest BCUT2D eigenvalue weighted by molar-refractivity contribution is 5.94. The highest BCUT2D eigenvalue weighted by Gasteiger charge is 2.26. The minimum absolute atomic E-state index is 0.0140. The summed E-state index contributed by atoms with van der Waals surface area (Å²) >= 11 is 0. The number of unbranched alkanes of at least 4 members (excludes halogenated alkanes) is 1. The first-order chi connectivity index (χ1) is 9.11. The third kappa shape index (κ3) is 3.05. The summed E-state index contributed by atoms with van der Waals surface area (Å²) in [4.78, 5) is 22.6. The van der Waals surface area contributed by atoms with E-state index in [4.69, 9.17) is 5.11 Å². The summed E-state index contributed by atoms with van der Waals surface area (Å²) < 4.78 is 1.78. The molecule has 1 atom stereocenters. The van der Waals surface area contributed by atoms with Crippen molar-refractivity contribution in [1.82, 2.24) is 9.88 Å². The predicted octanol–water partition coefficient (Wildman–Crippen LogP) is 2.06. The molecule has 19 heavy (non-hydrogen) atoms. The minimum atomic E-state index is -0.858. The van der Waals surface area contributed by atoms with E-state index in [2.05, 4.69) is 18.3 Å². The van der Waals surface area contributed by atoms with E-state index in [1.54, 1.807) is 10.6 Å². The van der Waals surface area contributed by atoms with E-state index < -0.39 is 5.97 Å². The van der Waals surface area contributed by atoms with Crippen LogP contribution < -0.4 is 5.32 Å². The molecule has 0 spiro atoms. The second kappa shape index (κ2) is 5.73. The van der Waals surface area contributed by atoms with Crippen molar-refractivity contribution in [3.8, 4) is 0 Å². The number of hydrogen-bond donors (Lipinski definition) is 2. The smallest absolute Gasteiger partial charge is 0.305 e. The fourth-order valence-corrected chi connectivity index (χ4v) is 2.23. The van der Waals surface area contributed by atoms with Crippen molar-refractivity contribution in [3.63, 3.8) is 0 Å². The second-order valence-electron chi connectivity index (χ2n) is 4.72. The molecule has 1 aliphatic heterocycles. The lowest BCUT2D eigenvalue weighted by molar-refractivity contribution is -0.137. The van der Waals surface area contributed by atoms with Gasteiger partial charge in [-0.2, -0.15) is 0 Å². The SMILES string of the molecule is CCC/C=C/c1cc2n(c1)[C@H](CC(=O)O)CNC2=O. The molecule has 2 rings (SSSR count). The third-order valence-electron chi connectivity index (χ3n) is 3.17. The molecular weight excluding hydrogens is 244 g/mol. The summed E-state index contributed by atoms with van der Waals surface area (Å²) in [5.74, 6) is -0.999. The topological polar surface area (TPSA) is 71.3 Å². The first-order valence-electron chi connectivity index (χ1n) is 6.50. The Morgan fingerprint density at radius 2 is 2.42 bits per heavy atom. The maximum Gasteiger partial charge on any atom is 0.305 e. The summed E-state index contributed by atoms with van der Waals surface area (Å²) in [5.41, 5.74) is 1.48. The van der Waals surface area contributed by atoms with Crippen LogP contribution in [0.4, 0.5) is 0 Å². The van der Waals surface area contributed by atoms with E-state index in [0.717, 1.165) is 18.4 Å². The zero-order valence-corrected chi connectivity index (χ0v) is 10.9. The lowest BCUT2D eigenvalue weighted by Crippen LogP contribution is -2.39. The van der Waals surface area contributed by atoms with Gasteiger partial charge >= 0.3 is 5.97 Å². The molecule has 1 aromatic heterocycles. The normalized spacial score (nSPS) is 18.4. The number of carbonyl (C=O) groups excluding carboxylic acids is 1. The molecule has 0 unspecified atom stereocenters. The van der Waals surface area contributed by atoms with Crippen LogP contribution >= 0.6 is 0 Å². The zero-order chi connectivity index (χ0) is 13.8. The number of fused-ring (bicyclic) bond motifs is 1. The Balaban J connectivity index is 2.25. The third-order valence-corrected chi connectivity index (χ3v) is 3.17. The van der Waals surface area contributed by atoms with Crippen molar-refractivity contribution in [2.75, 3.05) is 6.54 Å². The van der Waals surface area contributed by atoms with Crippen molar-refractivity contribution < 1.29 is 14.7 Å². The Hall–Kier alpha value is -2.04. The highest BCUT2D eigenvalue weighted by atomic mass is 16.4. The Bertz CT molecular complexity index is 517. The van der Waals surface area contributed by atoms with Gasteiger partial charge in [0.1, 0.15) is 5.69 Å². The van der Waals surface area contributed by atoms with Crippen LogP contribution in [0.5, 0.6) is 0 Å². The maximum absolute atomic E-state index is 11.8. The number of carboxylic acid groups (broad SMARTS) is 1. The molecule has 0 aromatic carbocycles. The fourth-order valence-electron chi connectivity index (χ4n) is 2.23. The first kappa shape index (κ1) is 13.4. The summed E-state index contributed by atoms with van der Waals surface area (Å²) in [6.45, 7) is 2.47. The summed E-state index contributed by atoms with van der Waals surface area (Å²) in [5, 5.41) is 11.6. The lowest BCUT2D eigenvalue weighted by Gasteiger charge is -2.25. The van der Waals surface area contributed by atoms with Crippen LogP contribution in [0.2, 0.25) is 0 Å². The van der Waals surface area contributed by atoms with E-state index in [1.807, 2.05) is 12.3 Å². The van der Waals surface area contributed by atoms with Gasteiger partial charge in [0, 0.05) is 12.7 Å². The first-order valence-corrected chi connectivity index (χ1v) is 6.50. The van der Waals surface area contributed by atoms with E-state index in [1.165, 1.54) is 0 Å². The van der Waals surface area contributed by atoms with Crippen LogP contribution in [-0.2, 0) is 4.79 Å². The molecular formula is C14H18N2O3. The van der Waals surface area contributed by atoms with Gasteiger partial charge in [0.15, 0.2) is 0 Å². The molecule has 102 valence electrons. The lowest BCUT2D eigenvalue weighted by atomic mass is 10.1. The van der Waals surface area contributed by atoms with Gasteiger partial charge in [-0.05, 0) is 18.1 Å². The predicted molar refractivity (Wildman–Crippen MR) is 72.0 cm³/mol. The van der Waals surface area contributed by atoms with Gasteiger partial charge in [-0.1, -0.05) is 25.5 Å². The van der Waals surface area contributed by atoms with Crippen LogP contribution in [0.1, 0.15) is 48.3 Å². The number of carboxylic acids is 1. The number of amides is 1. The van der Waals surface area contributed by atoms with Gasteiger partial charge in [-0.25, -0.2) is 0 Å². The van der Waals surface area contributed by atoms with Gasteiger partial charge in [0.05, 0.1) is 12.5 Å². The highest BCUT2D eigenvalue weighted by Crippen LogP contribution is 2.22. The maximum atomic E-state index is 11.8. The molecule has 0 radical (unpaired) electrons. The Morgan fingerprint density at radius 1 is 1.63 bits per heavy atom. The molecule has 1 amide bonds. The van der Waals surface area contributed by atoms with E-state index >= 15 is 0 Å². The number of nitrogens with one attached hydrogen (secondary N) is 1. The van der Waals surface area contributed by atoms with Crippen molar-refractivity contribution in [2.24, 2.45) is 0 Å². The zero-order valence-electron chi connectivity index (χ0n) is 10.9. The van der Waals surface area contributed by atoms with Crippen molar-refractivity contribution in [3.05, 3.63) is 29.6 Å². The van der Waals surface area contributed by atoms with Gasteiger partial charge in [-0.3, -0.25) is 9.59 Å². The summed E-state index contributed by atoms with van der Waals surface area (Å²) in [6.07, 6.45) is 7.97. The molecule has 0 bridgehead atoms. The van der Waals surface area contributed by atoms with Crippen LogP contribution in [-0.4, -0.2) is 28.1 Å². The molecule has 1 aromatic rings. The minimum Gasteiger partial charge on any atom is -0.481 e. The van der Waals surface area contributed by atoms with Crippen molar-refractivity contribution >= 4 is 18.0 Å². The standard InChI is InChI=1S/C14H18N2O3/c1-2-3-4-5-10-6-12-14(19)15-8-11(7-13(17)18)16(12)9-10/h4-6,9,11H,2-3,7-8H2,1H3,(H,15,19)(H,17,18)/b5-4+/t11-/m1/s1. The fraction of sp³-hybridized carbons (Fsp3) is 0.429. The van der Waals surface area contributed by atoms with Gasteiger partial charge < -0.3 is 15.0 Å². The Labute approximate surface area is 111 Å². The molecule has 5 nitrogen and oxygen atoms in total. The van der Waals surface area contributed by atoms with Crippen LogP contribution in [0.3, 0.4) is 0 Å². The van der Waals surface area contributed by atoms with Crippen LogP contribution in [0, 0.1) is 0 Å². The van der Waals surface area contributed by atoms with Gasteiger partial charge in [0.25, 0.3) is 5.91 Å². The number of carbonyl (C=O) groups is 2. The molecule has 0 fully saturated rings. The number of aliphatic carboxylic acids is 1. The average molecular weight is 262 g/mol. The average Bonchev–Trinajstić information content (AvgIpc) is 2.78. The number of aromatic nitrogens is 1. The molecule has 2 heterocycles. The monoisotopic (exact) mass is 262 g/mol. The number of rotatable bonds is 5. The summed E-state index contributed by atoms with van der Waals surface area (Å²) in [6, 6.07) is 1.59. The molecule has 5 heteroatoms. The van der Waals surface area contributed by atoms with Crippen LogP contribution in [0.25, 0.3) is 6.08 Å². The van der Waals surface area contributed by atoms with E-state index in [9.17, 15) is 9.59 Å². The van der Waals surface area contributed by atoms with Crippen molar-refractivity contribution in [1.29, 1.82) is 0 Å². The quantitative estimate of drug-likeness (QED) is 0.853. The second-order valence-corrected chi connectivity index (χ2v) is 4.72. The Morgan fingerprint density at radius 3 is 3.11 bits per heavy atom. The molecule has 0 saturated heterocycles. The number of hydrogen-bond acceptors (Lipinski definition) is 2. The molecule has 1 aliphatic rings. The Kier molecular flexibility index (Phi) is 4.04. The molecule has 0 aliphatic carbocycles. The number of nitrogens with zero attached hydrogens (tertiary/aromatic N) is 1. The number of allylic oxidation sites excluding steroid dienone is 1. The van der Waals surface area contributed by atoms with Crippen molar-refractivity contribution in [2.45, 2.75) is 32.2 Å². The van der Waals surface area contributed by atoms with E-state index in [-0.39, 0.29) is 18.4 Å². The van der Waals surface area contributed by atoms with Gasteiger partial charge in [0.2, 0.25) is 0 Å². The molecule has 2 N–H and O–H groups in total. The van der Waals surface area contributed by atoms with Crippen LogP contribution in [0.15, 0.2) is 18.3 Å². The van der Waals surface area contributed by atoms with Gasteiger partial charge in [-0.15, -0.1) is 0 Å². The summed E-state index contributed by atoms with van der Waals surface area (Å²) in [7, 11) is 0. The van der Waals surface area contributed by atoms with E-state index in [0.29, 0.717) is 12.2 Å². The molecule has 0 saturated carbocycles. The largest absolute Gasteiger partial charge is 0.481 e.